The number of nitrogens with one attached hydrogen (secondary N) is 1. The Hall–Kier alpha value is -1.14. The van der Waals surface area contributed by atoms with E-state index in [0.717, 1.165) is 0 Å². The summed E-state index contributed by atoms with van der Waals surface area (Å²) in [5.74, 6) is -0.309. The standard InChI is InChI=1S/C9H15N3O2S/c1-3-9(2,14)5-11-7(13)6-4-15-8(10)12-6/h4,14H,3,5H2,1-2H3,(H2,10,12)(H,11,13). The molecule has 5 nitrogen and oxygen atoms in total. The molecule has 0 aliphatic carbocycles. The van der Waals surface area contributed by atoms with Crippen molar-refractivity contribution in [2.75, 3.05) is 12.3 Å². The minimum absolute atomic E-state index is 0.208. The van der Waals surface area contributed by atoms with Gasteiger partial charge in [0, 0.05) is 11.9 Å². The van der Waals surface area contributed by atoms with Gasteiger partial charge in [-0.25, -0.2) is 4.98 Å². The highest BCUT2D eigenvalue weighted by Gasteiger charge is 2.19. The summed E-state index contributed by atoms with van der Waals surface area (Å²) in [7, 11) is 0. The molecule has 1 unspecified atom stereocenters. The van der Waals surface area contributed by atoms with Crippen LogP contribution in [0.15, 0.2) is 5.38 Å². The van der Waals surface area contributed by atoms with Crippen LogP contribution in [0.4, 0.5) is 5.13 Å². The predicted molar refractivity (Wildman–Crippen MR) is 59.8 cm³/mol. The van der Waals surface area contributed by atoms with E-state index in [1.165, 1.54) is 11.3 Å². The van der Waals surface area contributed by atoms with Gasteiger partial charge in [-0.3, -0.25) is 4.79 Å². The van der Waals surface area contributed by atoms with Gasteiger partial charge in [0.15, 0.2) is 5.13 Å². The topological polar surface area (TPSA) is 88.2 Å². The van der Waals surface area contributed by atoms with E-state index >= 15 is 0 Å². The summed E-state index contributed by atoms with van der Waals surface area (Å²) < 4.78 is 0. The molecule has 0 aliphatic rings. The zero-order chi connectivity index (χ0) is 11.5. The highest BCUT2D eigenvalue weighted by Crippen LogP contribution is 2.11. The van der Waals surface area contributed by atoms with Crippen molar-refractivity contribution in [3.05, 3.63) is 11.1 Å². The van der Waals surface area contributed by atoms with E-state index in [4.69, 9.17) is 5.73 Å². The number of rotatable bonds is 4. The molecule has 0 fully saturated rings. The molecule has 1 atom stereocenters. The first kappa shape index (κ1) is 11.9. The number of aromatic nitrogens is 1. The third kappa shape index (κ3) is 3.49. The van der Waals surface area contributed by atoms with Gasteiger partial charge in [-0.2, -0.15) is 0 Å². The molecule has 0 radical (unpaired) electrons. The summed E-state index contributed by atoms with van der Waals surface area (Å²) in [5.41, 5.74) is 4.82. The number of carbonyl (C=O) groups excluding carboxylic acids is 1. The van der Waals surface area contributed by atoms with Crippen LogP contribution in [-0.2, 0) is 0 Å². The van der Waals surface area contributed by atoms with E-state index in [2.05, 4.69) is 10.3 Å². The lowest BCUT2D eigenvalue weighted by Crippen LogP contribution is -2.40. The van der Waals surface area contributed by atoms with Crippen LogP contribution in [0, 0.1) is 0 Å². The maximum absolute atomic E-state index is 11.5. The molecule has 0 aromatic carbocycles. The van der Waals surface area contributed by atoms with Gasteiger partial charge in [0.2, 0.25) is 0 Å². The molecule has 4 N–H and O–H groups in total. The molecule has 0 saturated carbocycles. The number of amides is 1. The molecule has 15 heavy (non-hydrogen) atoms. The SMILES string of the molecule is CCC(C)(O)CNC(=O)c1csc(N)n1. The van der Waals surface area contributed by atoms with Crippen LogP contribution in [0.5, 0.6) is 0 Å². The highest BCUT2D eigenvalue weighted by atomic mass is 32.1. The summed E-state index contributed by atoms with van der Waals surface area (Å²) in [6.45, 7) is 3.73. The Balaban J connectivity index is 2.50. The number of nitrogens with zero attached hydrogens (tertiary/aromatic N) is 1. The quantitative estimate of drug-likeness (QED) is 0.706. The lowest BCUT2D eigenvalue weighted by molar-refractivity contribution is 0.0517. The Labute approximate surface area is 92.3 Å². The fourth-order valence-electron chi connectivity index (χ4n) is 0.878. The van der Waals surface area contributed by atoms with E-state index in [1.54, 1.807) is 12.3 Å². The summed E-state index contributed by atoms with van der Waals surface area (Å²) in [6, 6.07) is 0. The van der Waals surface area contributed by atoms with E-state index < -0.39 is 5.60 Å². The fourth-order valence-corrected chi connectivity index (χ4v) is 1.42. The molecule has 1 aromatic rings. The highest BCUT2D eigenvalue weighted by molar-refractivity contribution is 7.13. The lowest BCUT2D eigenvalue weighted by atomic mass is 10.0. The van der Waals surface area contributed by atoms with Crippen LogP contribution in [-0.4, -0.2) is 28.1 Å². The Morgan fingerprint density at radius 2 is 2.47 bits per heavy atom. The van der Waals surface area contributed by atoms with Gasteiger partial charge in [-0.1, -0.05) is 6.92 Å². The van der Waals surface area contributed by atoms with Crippen molar-refractivity contribution in [1.29, 1.82) is 0 Å². The molecule has 1 rings (SSSR count). The average molecular weight is 229 g/mol. The van der Waals surface area contributed by atoms with Gasteiger partial charge in [-0.15, -0.1) is 11.3 Å². The van der Waals surface area contributed by atoms with Crippen molar-refractivity contribution in [3.63, 3.8) is 0 Å². The molecule has 84 valence electrons. The summed E-state index contributed by atoms with van der Waals surface area (Å²) >= 11 is 1.22. The van der Waals surface area contributed by atoms with Crippen LogP contribution in [0.3, 0.4) is 0 Å². The summed E-state index contributed by atoms with van der Waals surface area (Å²) in [5, 5.41) is 14.2. The second-order valence-corrected chi connectivity index (χ2v) is 4.49. The largest absolute Gasteiger partial charge is 0.388 e. The molecule has 0 spiro atoms. The molecule has 0 aliphatic heterocycles. The number of thiazole rings is 1. The van der Waals surface area contributed by atoms with Crippen molar-refractivity contribution in [2.24, 2.45) is 0 Å². The molecule has 0 bridgehead atoms. The first-order valence-corrected chi connectivity index (χ1v) is 5.54. The minimum Gasteiger partial charge on any atom is -0.388 e. The maximum Gasteiger partial charge on any atom is 0.270 e. The third-order valence-corrected chi connectivity index (χ3v) is 2.82. The molecular formula is C9H15N3O2S. The fraction of sp³-hybridized carbons (Fsp3) is 0.556. The first-order chi connectivity index (χ1) is 6.94. The van der Waals surface area contributed by atoms with Gasteiger partial charge in [0.25, 0.3) is 5.91 Å². The number of hydrogen-bond acceptors (Lipinski definition) is 5. The molecule has 1 amide bonds. The number of hydrogen-bond donors (Lipinski definition) is 3. The smallest absolute Gasteiger partial charge is 0.270 e. The Kier molecular flexibility index (Phi) is 3.65. The number of anilines is 1. The Bertz CT molecular complexity index is 349. The van der Waals surface area contributed by atoms with Crippen LogP contribution < -0.4 is 11.1 Å². The molecule has 1 aromatic heterocycles. The predicted octanol–water partition coefficient (Wildman–Crippen LogP) is 0.616. The zero-order valence-corrected chi connectivity index (χ0v) is 9.60. The van der Waals surface area contributed by atoms with Crippen LogP contribution in [0.25, 0.3) is 0 Å². The average Bonchev–Trinajstić information content (AvgIpc) is 2.61. The summed E-state index contributed by atoms with van der Waals surface area (Å²) in [4.78, 5) is 15.3. The van der Waals surface area contributed by atoms with Crippen LogP contribution >= 0.6 is 11.3 Å². The van der Waals surface area contributed by atoms with Crippen LogP contribution in [0.2, 0.25) is 0 Å². The monoisotopic (exact) mass is 229 g/mol. The second-order valence-electron chi connectivity index (χ2n) is 3.60. The normalized spacial score (nSPS) is 14.6. The van der Waals surface area contributed by atoms with E-state index in [0.29, 0.717) is 17.2 Å². The van der Waals surface area contributed by atoms with Crippen molar-refractivity contribution < 1.29 is 9.90 Å². The van der Waals surface area contributed by atoms with Gasteiger partial charge < -0.3 is 16.2 Å². The first-order valence-electron chi connectivity index (χ1n) is 4.66. The Morgan fingerprint density at radius 3 is 2.93 bits per heavy atom. The number of nitrogens with two attached hydrogens (primary N) is 1. The van der Waals surface area contributed by atoms with Crippen molar-refractivity contribution in [1.82, 2.24) is 10.3 Å². The lowest BCUT2D eigenvalue weighted by Gasteiger charge is -2.21. The number of carbonyl (C=O) groups is 1. The van der Waals surface area contributed by atoms with E-state index in [1.807, 2.05) is 6.92 Å². The second kappa shape index (κ2) is 4.59. The zero-order valence-electron chi connectivity index (χ0n) is 8.78. The minimum atomic E-state index is -0.878. The van der Waals surface area contributed by atoms with E-state index in [9.17, 15) is 9.90 Å². The molecule has 6 heteroatoms. The van der Waals surface area contributed by atoms with Crippen molar-refractivity contribution >= 4 is 22.4 Å². The van der Waals surface area contributed by atoms with Crippen LogP contribution in [0.1, 0.15) is 30.8 Å². The molecular weight excluding hydrogens is 214 g/mol. The van der Waals surface area contributed by atoms with Crippen molar-refractivity contribution in [2.45, 2.75) is 25.9 Å². The van der Waals surface area contributed by atoms with Crippen molar-refractivity contribution in [3.8, 4) is 0 Å². The summed E-state index contributed by atoms with van der Waals surface area (Å²) in [6.07, 6.45) is 0.576. The van der Waals surface area contributed by atoms with Gasteiger partial charge in [0.1, 0.15) is 5.69 Å². The van der Waals surface area contributed by atoms with Gasteiger partial charge >= 0.3 is 0 Å². The number of aliphatic hydroxyl groups is 1. The molecule has 0 saturated heterocycles. The van der Waals surface area contributed by atoms with Gasteiger partial charge in [0.05, 0.1) is 5.60 Å². The third-order valence-electron chi connectivity index (χ3n) is 2.15. The van der Waals surface area contributed by atoms with Gasteiger partial charge in [-0.05, 0) is 13.3 Å². The van der Waals surface area contributed by atoms with E-state index in [-0.39, 0.29) is 12.5 Å². The maximum atomic E-state index is 11.5. The number of nitrogen functional groups attached to an aromatic ring is 1. The molecule has 1 heterocycles. The Morgan fingerprint density at radius 1 is 1.80 bits per heavy atom.